The maximum Gasteiger partial charge on any atom is 0.175 e. The van der Waals surface area contributed by atoms with Crippen LogP contribution in [-0.4, -0.2) is 142 Å². The molecule has 22 heteroatoms. The van der Waals surface area contributed by atoms with Gasteiger partial charge in [0.25, 0.3) is 0 Å². The molecule has 0 radical (unpaired) electrons. The highest BCUT2D eigenvalue weighted by molar-refractivity contribution is 7.99. The van der Waals surface area contributed by atoms with E-state index in [2.05, 4.69) is 51.7 Å². The van der Waals surface area contributed by atoms with Crippen molar-refractivity contribution in [3.05, 3.63) is 107 Å². The fraction of sp³-hybridized carbons (Fsp3) is 0.517. The number of rotatable bonds is 12. The predicted molar refractivity (Wildman–Crippen MR) is 303 cm³/mol. The number of aromatic nitrogens is 8. The van der Waals surface area contributed by atoms with Crippen molar-refractivity contribution in [3.63, 3.8) is 0 Å². The molecule has 420 valence electrons. The summed E-state index contributed by atoms with van der Waals surface area (Å²) in [6, 6.07) is 12.8. The van der Waals surface area contributed by atoms with Crippen LogP contribution in [0.1, 0.15) is 84.5 Å². The van der Waals surface area contributed by atoms with Gasteiger partial charge in [-0.05, 0) is 97.6 Å². The standard InChI is InChI=1S/2C29H35N7O3S/c2*1-38-16-18-11-19-17-39-25-23(4-8-32-28(25)36(19)14-18)40-24-13-33-27(22(15-37)34-24)35-9-5-29(6-10-35)12-21-20(26(29)30)3-2-7-31-21/h2*2-4,7-8,13,18-19,26,37H,5-6,9-12,14-17,30H2,1H3/t18-,19+,26-;18-,19-,26+/m10/s1. The van der Waals surface area contributed by atoms with Crippen molar-refractivity contribution in [1.29, 1.82) is 0 Å². The zero-order valence-corrected chi connectivity index (χ0v) is 47.0. The number of aliphatic hydroxyl groups is 2. The van der Waals surface area contributed by atoms with Crippen LogP contribution < -0.4 is 40.5 Å². The molecule has 2 aliphatic carbocycles. The highest BCUT2D eigenvalue weighted by Crippen LogP contribution is 2.53. The molecule has 8 aliphatic rings. The van der Waals surface area contributed by atoms with E-state index in [1.807, 2.05) is 49.1 Å². The molecule has 2 spiro atoms. The SMILES string of the molecule is COC[C@@H]1C[C@H]2COc3c(Sc4cnc(N5CCC6(CC5)Cc5ncccc5[C@H]6N)c(CO)n4)ccnc3N2C1.COC[C@H]1C[C@H]2COc3c(Sc4cnc(N5CCC6(CC5)Cc5ncccc5[C@H]6N)c(CO)n4)ccnc3N2C1. The second-order valence-corrected chi connectivity index (χ2v) is 25.0. The molecule has 0 unspecified atom stereocenters. The summed E-state index contributed by atoms with van der Waals surface area (Å²) >= 11 is 3.00. The van der Waals surface area contributed by atoms with E-state index in [1.165, 1.54) is 34.7 Å². The molecule has 6 aromatic heterocycles. The van der Waals surface area contributed by atoms with Gasteiger partial charge in [-0.15, -0.1) is 0 Å². The van der Waals surface area contributed by atoms with Gasteiger partial charge in [-0.2, -0.15) is 0 Å². The van der Waals surface area contributed by atoms with Crippen LogP contribution in [0.25, 0.3) is 0 Å². The molecule has 6 aromatic rings. The number of ether oxygens (including phenoxy) is 4. The summed E-state index contributed by atoms with van der Waals surface area (Å²) in [7, 11) is 3.51. The third-order valence-corrected chi connectivity index (χ3v) is 20.1. The molecule has 0 bridgehead atoms. The van der Waals surface area contributed by atoms with Gasteiger partial charge in [0.2, 0.25) is 0 Å². The Balaban J connectivity index is 0.000000151. The van der Waals surface area contributed by atoms with Gasteiger partial charge in [0.15, 0.2) is 34.8 Å². The fourth-order valence-electron chi connectivity index (χ4n) is 14.1. The minimum Gasteiger partial charge on any atom is -0.486 e. The molecule has 4 saturated heterocycles. The Morgan fingerprint density at radius 3 is 1.43 bits per heavy atom. The number of anilines is 4. The maximum atomic E-state index is 10.3. The maximum absolute atomic E-state index is 10.3. The summed E-state index contributed by atoms with van der Waals surface area (Å²) in [6.45, 7) is 7.56. The highest BCUT2D eigenvalue weighted by atomic mass is 32.2. The van der Waals surface area contributed by atoms with E-state index < -0.39 is 0 Å². The first kappa shape index (κ1) is 53.3. The topological polar surface area (TPSA) is 245 Å². The van der Waals surface area contributed by atoms with Gasteiger partial charge in [-0.3, -0.25) is 9.97 Å². The van der Waals surface area contributed by atoms with Crippen molar-refractivity contribution >= 4 is 46.8 Å². The first-order valence-electron chi connectivity index (χ1n) is 28.1. The summed E-state index contributed by atoms with van der Waals surface area (Å²) in [6.07, 6.45) is 18.7. The van der Waals surface area contributed by atoms with E-state index >= 15 is 0 Å². The monoisotopic (exact) mass is 1120 g/mol. The zero-order chi connectivity index (χ0) is 54.5. The Labute approximate surface area is 474 Å². The van der Waals surface area contributed by atoms with E-state index in [0.29, 0.717) is 48.5 Å². The Morgan fingerprint density at radius 1 is 0.588 bits per heavy atom. The molecule has 0 saturated carbocycles. The molecular formula is C58H70N14O6S2. The summed E-state index contributed by atoms with van der Waals surface area (Å²) in [4.78, 5) is 48.8. The minimum absolute atomic E-state index is 0.00994. The normalized spacial score (nSPS) is 24.5. The molecule has 4 fully saturated rings. The third kappa shape index (κ3) is 9.85. The van der Waals surface area contributed by atoms with Crippen LogP contribution in [0.5, 0.6) is 11.5 Å². The van der Waals surface area contributed by atoms with Crippen LogP contribution in [0, 0.1) is 22.7 Å². The van der Waals surface area contributed by atoms with Gasteiger partial charge in [0, 0.05) is 114 Å². The lowest BCUT2D eigenvalue weighted by molar-refractivity contribution is 0.157. The molecule has 20 nitrogen and oxygen atoms in total. The van der Waals surface area contributed by atoms with Crippen LogP contribution in [-0.2, 0) is 35.5 Å². The number of aliphatic hydroxyl groups excluding tert-OH is 2. The van der Waals surface area contributed by atoms with Gasteiger partial charge in [0.05, 0.1) is 60.7 Å². The van der Waals surface area contributed by atoms with Crippen molar-refractivity contribution in [2.45, 2.75) is 109 Å². The number of hydrogen-bond acceptors (Lipinski definition) is 22. The van der Waals surface area contributed by atoms with E-state index in [0.717, 1.165) is 170 Å². The summed E-state index contributed by atoms with van der Waals surface area (Å²) in [5, 5.41) is 21.9. The molecule has 6 aliphatic heterocycles. The number of nitrogens with zero attached hydrogens (tertiary/aromatic N) is 12. The molecular weight excluding hydrogens is 1050 g/mol. The molecule has 0 amide bonds. The van der Waals surface area contributed by atoms with Crippen LogP contribution >= 0.6 is 23.5 Å². The fourth-order valence-corrected chi connectivity index (χ4v) is 15.8. The van der Waals surface area contributed by atoms with Crippen molar-refractivity contribution in [3.8, 4) is 11.5 Å². The smallest absolute Gasteiger partial charge is 0.175 e. The average molecular weight is 1120 g/mol. The van der Waals surface area contributed by atoms with Crippen molar-refractivity contribution in [2.75, 3.05) is 99.5 Å². The molecule has 12 heterocycles. The van der Waals surface area contributed by atoms with E-state index in [1.54, 1.807) is 26.6 Å². The molecule has 6 atom stereocenters. The lowest BCUT2D eigenvalue weighted by Gasteiger charge is -2.42. The summed E-state index contributed by atoms with van der Waals surface area (Å²) < 4.78 is 23.3. The number of fused-ring (bicyclic) bond motifs is 8. The van der Waals surface area contributed by atoms with E-state index in [4.69, 9.17) is 50.4 Å². The predicted octanol–water partition coefficient (Wildman–Crippen LogP) is 5.97. The largest absolute Gasteiger partial charge is 0.486 e. The van der Waals surface area contributed by atoms with E-state index in [-0.39, 0.29) is 36.1 Å². The number of pyridine rings is 4. The summed E-state index contributed by atoms with van der Waals surface area (Å²) in [5.41, 5.74) is 19.4. The highest BCUT2D eigenvalue weighted by Gasteiger charge is 2.49. The Bertz CT molecular complexity index is 3010. The number of piperidine rings is 2. The zero-order valence-electron chi connectivity index (χ0n) is 45.4. The Kier molecular flexibility index (Phi) is 14.9. The van der Waals surface area contributed by atoms with Gasteiger partial charge in [-0.1, -0.05) is 35.7 Å². The first-order chi connectivity index (χ1) is 39.2. The van der Waals surface area contributed by atoms with Crippen LogP contribution in [0.2, 0.25) is 0 Å². The van der Waals surface area contributed by atoms with Crippen molar-refractivity contribution in [1.82, 2.24) is 39.9 Å². The lowest BCUT2D eigenvalue weighted by atomic mass is 9.73. The number of nitrogens with two attached hydrogens (primary N) is 2. The third-order valence-electron chi connectivity index (χ3n) is 18.2. The molecule has 80 heavy (non-hydrogen) atoms. The second-order valence-electron chi connectivity index (χ2n) is 22.8. The first-order valence-corrected chi connectivity index (χ1v) is 29.7. The van der Waals surface area contributed by atoms with Crippen LogP contribution in [0.3, 0.4) is 0 Å². The lowest BCUT2D eigenvalue weighted by Crippen LogP contribution is -2.45. The summed E-state index contributed by atoms with van der Waals surface area (Å²) in [5.74, 6) is 5.82. The molecule has 0 aromatic carbocycles. The number of hydrogen-bond donors (Lipinski definition) is 4. The second kappa shape index (κ2) is 22.4. The Morgan fingerprint density at radius 2 is 1.02 bits per heavy atom. The van der Waals surface area contributed by atoms with E-state index in [9.17, 15) is 10.2 Å². The van der Waals surface area contributed by atoms with Crippen molar-refractivity contribution in [2.24, 2.45) is 34.1 Å². The molecule has 6 N–H and O–H groups in total. The van der Waals surface area contributed by atoms with Crippen LogP contribution in [0.15, 0.2) is 93.4 Å². The van der Waals surface area contributed by atoms with Gasteiger partial charge < -0.3 is 60.2 Å². The molecule has 14 rings (SSSR count). The quantitative estimate of drug-likeness (QED) is 0.110. The van der Waals surface area contributed by atoms with Crippen LogP contribution in [0.4, 0.5) is 23.3 Å². The average Bonchev–Trinajstić information content (AvgIpc) is 4.31. The van der Waals surface area contributed by atoms with Gasteiger partial charge >= 0.3 is 0 Å². The Hall–Kier alpha value is -5.98. The minimum atomic E-state index is -0.172. The van der Waals surface area contributed by atoms with Gasteiger partial charge in [0.1, 0.15) is 34.7 Å². The van der Waals surface area contributed by atoms with Crippen molar-refractivity contribution < 1.29 is 29.2 Å². The number of methoxy groups -OCH3 is 2. The van der Waals surface area contributed by atoms with Gasteiger partial charge in [-0.25, -0.2) is 29.9 Å².